The Morgan fingerprint density at radius 1 is 1.24 bits per heavy atom. The number of aromatic nitrogens is 4. The maximum absolute atomic E-state index is 5.22. The lowest BCUT2D eigenvalue weighted by atomic mass is 10.3. The van der Waals surface area contributed by atoms with Crippen molar-refractivity contribution in [2.24, 2.45) is 0 Å². The molecule has 3 rings (SSSR count). The molecule has 0 spiro atoms. The molecule has 0 fully saturated rings. The third-order valence-corrected chi connectivity index (χ3v) is 2.88. The summed E-state index contributed by atoms with van der Waals surface area (Å²) >= 11 is 5.22. The van der Waals surface area contributed by atoms with Gasteiger partial charge in [0.15, 0.2) is 0 Å². The van der Waals surface area contributed by atoms with E-state index in [4.69, 9.17) is 12.2 Å². The quantitative estimate of drug-likeness (QED) is 0.667. The fourth-order valence-electron chi connectivity index (χ4n) is 1.80. The molecule has 0 amide bonds. The largest absolute Gasteiger partial charge is 0.328 e. The Labute approximate surface area is 103 Å². The summed E-state index contributed by atoms with van der Waals surface area (Å²) in [7, 11) is 0. The number of nitrogens with one attached hydrogen (secondary N) is 1. The van der Waals surface area contributed by atoms with E-state index in [1.807, 2.05) is 41.9 Å². The molecule has 0 aliphatic carbocycles. The summed E-state index contributed by atoms with van der Waals surface area (Å²) in [6, 6.07) is 9.93. The SMILES string of the molecule is Cc1nc(=S)c2cnn(-c3ccccc3)c2[nH]1. The van der Waals surface area contributed by atoms with Crippen molar-refractivity contribution in [3.63, 3.8) is 0 Å². The molecule has 0 aliphatic heterocycles. The van der Waals surface area contributed by atoms with Gasteiger partial charge in [0, 0.05) is 0 Å². The van der Waals surface area contributed by atoms with Gasteiger partial charge in [0.1, 0.15) is 16.1 Å². The zero-order valence-electron chi connectivity index (χ0n) is 9.21. The summed E-state index contributed by atoms with van der Waals surface area (Å²) in [4.78, 5) is 7.41. The molecule has 0 bridgehead atoms. The van der Waals surface area contributed by atoms with Crippen molar-refractivity contribution in [2.75, 3.05) is 0 Å². The minimum Gasteiger partial charge on any atom is -0.328 e. The van der Waals surface area contributed by atoms with Crippen molar-refractivity contribution in [2.45, 2.75) is 6.92 Å². The fraction of sp³-hybridized carbons (Fsp3) is 0.0833. The van der Waals surface area contributed by atoms with Crippen LogP contribution in [0.4, 0.5) is 0 Å². The first-order chi connectivity index (χ1) is 8.25. The highest BCUT2D eigenvalue weighted by molar-refractivity contribution is 7.71. The zero-order chi connectivity index (χ0) is 11.8. The topological polar surface area (TPSA) is 46.5 Å². The van der Waals surface area contributed by atoms with Crippen LogP contribution < -0.4 is 0 Å². The van der Waals surface area contributed by atoms with Gasteiger partial charge in [0.2, 0.25) is 0 Å². The third kappa shape index (κ3) is 1.64. The summed E-state index contributed by atoms with van der Waals surface area (Å²) in [5, 5.41) is 5.22. The van der Waals surface area contributed by atoms with Gasteiger partial charge >= 0.3 is 0 Å². The van der Waals surface area contributed by atoms with Crippen LogP contribution in [-0.2, 0) is 0 Å². The number of hydrogen-bond acceptors (Lipinski definition) is 3. The average molecular weight is 242 g/mol. The van der Waals surface area contributed by atoms with Crippen molar-refractivity contribution in [3.8, 4) is 5.69 Å². The highest BCUT2D eigenvalue weighted by Gasteiger charge is 2.07. The Morgan fingerprint density at radius 3 is 2.76 bits per heavy atom. The Bertz CT molecular complexity index is 727. The molecule has 0 saturated carbocycles. The number of hydrogen-bond donors (Lipinski definition) is 1. The summed E-state index contributed by atoms with van der Waals surface area (Å²) in [6.45, 7) is 1.89. The van der Waals surface area contributed by atoms with Gasteiger partial charge in [-0.05, 0) is 19.1 Å². The van der Waals surface area contributed by atoms with E-state index < -0.39 is 0 Å². The standard InChI is InChI=1S/C12H10N4S/c1-8-14-11-10(12(17)15-8)7-13-16(11)9-5-3-2-4-6-9/h2-7H,1H3,(H,14,15,17). The molecule has 17 heavy (non-hydrogen) atoms. The minimum absolute atomic E-state index is 0.582. The Morgan fingerprint density at radius 2 is 2.00 bits per heavy atom. The van der Waals surface area contributed by atoms with Gasteiger partial charge in [-0.15, -0.1) is 0 Å². The molecule has 2 aromatic heterocycles. The number of fused-ring (bicyclic) bond motifs is 1. The van der Waals surface area contributed by atoms with Gasteiger partial charge in [0.05, 0.1) is 17.3 Å². The van der Waals surface area contributed by atoms with Crippen LogP contribution in [-0.4, -0.2) is 19.7 Å². The molecule has 2 heterocycles. The molecule has 0 atom stereocenters. The van der Waals surface area contributed by atoms with Crippen molar-refractivity contribution in [3.05, 3.63) is 47.0 Å². The zero-order valence-corrected chi connectivity index (χ0v) is 10.0. The molecular weight excluding hydrogens is 232 g/mol. The molecule has 0 saturated heterocycles. The lowest BCUT2D eigenvalue weighted by molar-refractivity contribution is 0.889. The van der Waals surface area contributed by atoms with Crippen molar-refractivity contribution in [1.29, 1.82) is 0 Å². The number of para-hydroxylation sites is 1. The van der Waals surface area contributed by atoms with Crippen LogP contribution in [0.5, 0.6) is 0 Å². The van der Waals surface area contributed by atoms with E-state index in [2.05, 4.69) is 15.1 Å². The molecule has 3 aromatic rings. The Hall–Kier alpha value is -2.01. The molecule has 0 aliphatic rings. The number of aryl methyl sites for hydroxylation is 1. The van der Waals surface area contributed by atoms with Gasteiger partial charge in [0.25, 0.3) is 0 Å². The van der Waals surface area contributed by atoms with Crippen LogP contribution in [0.2, 0.25) is 0 Å². The summed E-state index contributed by atoms with van der Waals surface area (Å²) in [5.74, 6) is 0.792. The molecule has 0 unspecified atom stereocenters. The van der Waals surface area contributed by atoms with E-state index in [0.29, 0.717) is 4.64 Å². The van der Waals surface area contributed by atoms with Gasteiger partial charge in [-0.2, -0.15) is 5.10 Å². The number of rotatable bonds is 1. The lowest BCUT2D eigenvalue weighted by Crippen LogP contribution is -1.98. The van der Waals surface area contributed by atoms with E-state index in [1.165, 1.54) is 0 Å². The number of nitrogens with zero attached hydrogens (tertiary/aromatic N) is 3. The first-order valence-corrected chi connectivity index (χ1v) is 5.66. The Balaban J connectivity index is 2.36. The van der Waals surface area contributed by atoms with Gasteiger partial charge in [-0.25, -0.2) is 9.67 Å². The van der Waals surface area contributed by atoms with Crippen LogP contribution in [0.3, 0.4) is 0 Å². The first kappa shape index (κ1) is 10.2. The predicted octanol–water partition coefficient (Wildman–Crippen LogP) is 2.79. The third-order valence-electron chi connectivity index (χ3n) is 2.57. The first-order valence-electron chi connectivity index (χ1n) is 5.26. The molecular formula is C12H10N4S. The van der Waals surface area contributed by atoms with Gasteiger partial charge < -0.3 is 4.98 Å². The number of aromatic amines is 1. The van der Waals surface area contributed by atoms with E-state index in [1.54, 1.807) is 6.20 Å². The van der Waals surface area contributed by atoms with Gasteiger partial charge in [-0.3, -0.25) is 0 Å². The number of H-pyrrole nitrogens is 1. The van der Waals surface area contributed by atoms with E-state index in [0.717, 1.165) is 22.5 Å². The second-order valence-electron chi connectivity index (χ2n) is 3.78. The minimum atomic E-state index is 0.582. The normalized spacial score (nSPS) is 10.9. The fourth-order valence-corrected chi connectivity index (χ4v) is 2.09. The van der Waals surface area contributed by atoms with E-state index >= 15 is 0 Å². The van der Waals surface area contributed by atoms with Crippen LogP contribution in [0.1, 0.15) is 5.82 Å². The summed E-state index contributed by atoms with van der Waals surface area (Å²) < 4.78 is 2.42. The summed E-state index contributed by atoms with van der Waals surface area (Å²) in [5.41, 5.74) is 1.88. The van der Waals surface area contributed by atoms with Gasteiger partial charge in [-0.1, -0.05) is 30.4 Å². The average Bonchev–Trinajstić information content (AvgIpc) is 2.74. The molecule has 84 valence electrons. The highest BCUT2D eigenvalue weighted by atomic mass is 32.1. The van der Waals surface area contributed by atoms with E-state index in [9.17, 15) is 0 Å². The van der Waals surface area contributed by atoms with E-state index in [-0.39, 0.29) is 0 Å². The monoisotopic (exact) mass is 242 g/mol. The number of benzene rings is 1. The van der Waals surface area contributed by atoms with Crippen LogP contribution >= 0.6 is 12.2 Å². The van der Waals surface area contributed by atoms with Crippen molar-refractivity contribution in [1.82, 2.24) is 19.7 Å². The van der Waals surface area contributed by atoms with Crippen molar-refractivity contribution >= 4 is 23.3 Å². The van der Waals surface area contributed by atoms with Crippen LogP contribution in [0.15, 0.2) is 36.5 Å². The molecule has 0 radical (unpaired) electrons. The highest BCUT2D eigenvalue weighted by Crippen LogP contribution is 2.16. The Kier molecular flexibility index (Phi) is 2.26. The molecule has 4 nitrogen and oxygen atoms in total. The molecule has 1 N–H and O–H groups in total. The van der Waals surface area contributed by atoms with Crippen LogP contribution in [0, 0.1) is 11.6 Å². The second kappa shape index (κ2) is 3.78. The van der Waals surface area contributed by atoms with Crippen molar-refractivity contribution < 1.29 is 0 Å². The lowest BCUT2D eigenvalue weighted by Gasteiger charge is -2.03. The predicted molar refractivity (Wildman–Crippen MR) is 68.8 cm³/mol. The molecule has 1 aromatic carbocycles. The summed E-state index contributed by atoms with van der Waals surface area (Å²) in [6.07, 6.45) is 1.74. The maximum atomic E-state index is 5.22. The van der Waals surface area contributed by atoms with Crippen LogP contribution in [0.25, 0.3) is 16.7 Å². The second-order valence-corrected chi connectivity index (χ2v) is 4.17. The molecule has 5 heteroatoms. The maximum Gasteiger partial charge on any atom is 0.145 e. The smallest absolute Gasteiger partial charge is 0.145 e.